The largest absolute Gasteiger partial charge is 0.469 e. The average Bonchev–Trinajstić information content (AvgIpc) is 2.10. The molecule has 0 aromatic carbocycles. The van der Waals surface area contributed by atoms with Crippen LogP contribution in [0, 0.1) is 11.3 Å². The maximum atomic E-state index is 11.3. The smallest absolute Gasteiger partial charge is 0.309 e. The minimum atomic E-state index is -0.196. The number of nitrogens with one attached hydrogen (secondary N) is 1. The molecule has 0 bridgehead atoms. The minimum Gasteiger partial charge on any atom is -0.469 e. The van der Waals surface area contributed by atoms with Gasteiger partial charge >= 0.3 is 5.97 Å². The van der Waals surface area contributed by atoms with Gasteiger partial charge in [0.05, 0.1) is 13.0 Å². The molecular weight excluding hydrogens is 182 g/mol. The molecule has 4 heteroatoms. The molecule has 0 aliphatic heterocycles. The highest BCUT2D eigenvalue weighted by Crippen LogP contribution is 2.46. The maximum absolute atomic E-state index is 11.3. The second-order valence-corrected chi connectivity index (χ2v) is 4.39. The molecule has 1 aliphatic rings. The number of hydrogen-bond acceptors (Lipinski definition) is 3. The first-order valence-electron chi connectivity index (χ1n) is 4.74. The Morgan fingerprint density at radius 3 is 2.36 bits per heavy atom. The Labute approximate surface area is 84.0 Å². The van der Waals surface area contributed by atoms with Crippen molar-refractivity contribution in [2.24, 2.45) is 11.3 Å². The second kappa shape index (κ2) is 3.59. The van der Waals surface area contributed by atoms with Crippen molar-refractivity contribution >= 4 is 11.9 Å². The summed E-state index contributed by atoms with van der Waals surface area (Å²) in [5.41, 5.74) is -0.196. The number of carbonyl (C=O) groups is 2. The predicted octanol–water partition coefficient (Wildman–Crippen LogP) is 0.710. The van der Waals surface area contributed by atoms with Crippen molar-refractivity contribution < 1.29 is 14.3 Å². The number of esters is 1. The second-order valence-electron chi connectivity index (χ2n) is 4.39. The molecule has 1 aliphatic carbocycles. The molecule has 1 N–H and O–H groups in total. The first kappa shape index (κ1) is 11.0. The van der Waals surface area contributed by atoms with Crippen LogP contribution in [0.3, 0.4) is 0 Å². The van der Waals surface area contributed by atoms with Gasteiger partial charge in [-0.3, -0.25) is 9.59 Å². The van der Waals surface area contributed by atoms with Gasteiger partial charge in [-0.2, -0.15) is 0 Å². The van der Waals surface area contributed by atoms with Crippen molar-refractivity contribution in [3.63, 3.8) is 0 Å². The van der Waals surface area contributed by atoms with Crippen LogP contribution in [0.15, 0.2) is 0 Å². The quantitative estimate of drug-likeness (QED) is 0.666. The number of carbonyl (C=O) groups excluding carboxylic acids is 2. The van der Waals surface area contributed by atoms with E-state index in [1.54, 1.807) is 0 Å². The number of rotatable bonds is 2. The van der Waals surface area contributed by atoms with Crippen molar-refractivity contribution in [1.82, 2.24) is 5.32 Å². The zero-order valence-corrected chi connectivity index (χ0v) is 9.09. The Morgan fingerprint density at radius 2 is 2.00 bits per heavy atom. The number of ether oxygens (including phenoxy) is 1. The van der Waals surface area contributed by atoms with Crippen molar-refractivity contribution in [2.75, 3.05) is 7.11 Å². The monoisotopic (exact) mass is 199 g/mol. The Morgan fingerprint density at radius 1 is 1.43 bits per heavy atom. The molecule has 2 atom stereocenters. The first-order chi connectivity index (χ1) is 6.39. The predicted molar refractivity (Wildman–Crippen MR) is 51.5 cm³/mol. The summed E-state index contributed by atoms with van der Waals surface area (Å²) in [5.74, 6) is -0.327. The molecule has 1 amide bonds. The van der Waals surface area contributed by atoms with Gasteiger partial charge in [0.25, 0.3) is 0 Å². The van der Waals surface area contributed by atoms with E-state index < -0.39 is 0 Å². The highest BCUT2D eigenvalue weighted by atomic mass is 16.5. The van der Waals surface area contributed by atoms with E-state index >= 15 is 0 Å². The van der Waals surface area contributed by atoms with Crippen LogP contribution in [0.1, 0.15) is 27.2 Å². The van der Waals surface area contributed by atoms with E-state index in [1.807, 2.05) is 13.8 Å². The molecule has 4 nitrogen and oxygen atoms in total. The van der Waals surface area contributed by atoms with E-state index in [0.717, 1.165) is 0 Å². The lowest BCUT2D eigenvalue weighted by atomic mass is 9.58. The van der Waals surface area contributed by atoms with Gasteiger partial charge in [0.15, 0.2) is 0 Å². The zero-order valence-electron chi connectivity index (χ0n) is 9.09. The topological polar surface area (TPSA) is 55.4 Å². The van der Waals surface area contributed by atoms with Crippen molar-refractivity contribution in [3.05, 3.63) is 0 Å². The van der Waals surface area contributed by atoms with Crippen LogP contribution in [0.5, 0.6) is 0 Å². The highest BCUT2D eigenvalue weighted by Gasteiger charge is 2.52. The standard InChI is InChI=1S/C10H17NO3/c1-6(12)11-8-5-7(9(13)14-4)10(8,2)3/h7-8H,5H2,1-4H3,(H,11,12). The van der Waals surface area contributed by atoms with E-state index in [-0.39, 0.29) is 29.3 Å². The summed E-state index contributed by atoms with van der Waals surface area (Å²) < 4.78 is 4.69. The Hall–Kier alpha value is -1.06. The molecule has 1 rings (SSSR count). The summed E-state index contributed by atoms with van der Waals surface area (Å²) in [6.45, 7) is 5.43. The molecule has 0 aromatic heterocycles. The van der Waals surface area contributed by atoms with Gasteiger partial charge in [-0.15, -0.1) is 0 Å². The molecule has 80 valence electrons. The van der Waals surface area contributed by atoms with Gasteiger partial charge < -0.3 is 10.1 Å². The van der Waals surface area contributed by atoms with Crippen LogP contribution in [0.25, 0.3) is 0 Å². The fourth-order valence-electron chi connectivity index (χ4n) is 1.96. The first-order valence-corrected chi connectivity index (χ1v) is 4.74. The lowest BCUT2D eigenvalue weighted by Gasteiger charge is -2.50. The van der Waals surface area contributed by atoms with Crippen molar-refractivity contribution in [1.29, 1.82) is 0 Å². The molecular formula is C10H17NO3. The van der Waals surface area contributed by atoms with Gasteiger partial charge in [-0.1, -0.05) is 13.8 Å². The Bertz CT molecular complexity index is 260. The summed E-state index contributed by atoms with van der Waals surface area (Å²) in [4.78, 5) is 22.2. The van der Waals surface area contributed by atoms with Crippen LogP contribution >= 0.6 is 0 Å². The van der Waals surface area contributed by atoms with Gasteiger partial charge in [-0.25, -0.2) is 0 Å². The van der Waals surface area contributed by atoms with Gasteiger partial charge in [0.2, 0.25) is 5.91 Å². The molecule has 0 spiro atoms. The zero-order chi connectivity index (χ0) is 10.9. The van der Waals surface area contributed by atoms with Crippen LogP contribution < -0.4 is 5.32 Å². The molecule has 0 aromatic rings. The fourth-order valence-corrected chi connectivity index (χ4v) is 1.96. The molecule has 0 saturated heterocycles. The van der Waals surface area contributed by atoms with Crippen LogP contribution in [0.2, 0.25) is 0 Å². The summed E-state index contributed by atoms with van der Waals surface area (Å²) in [6, 6.07) is 0.0871. The van der Waals surface area contributed by atoms with E-state index in [4.69, 9.17) is 4.74 Å². The SMILES string of the molecule is COC(=O)C1CC(NC(C)=O)C1(C)C. The van der Waals surface area contributed by atoms with E-state index in [9.17, 15) is 9.59 Å². The van der Waals surface area contributed by atoms with E-state index in [0.29, 0.717) is 6.42 Å². The lowest BCUT2D eigenvalue weighted by molar-refractivity contribution is -0.160. The summed E-state index contributed by atoms with van der Waals surface area (Å²) in [7, 11) is 1.39. The number of hydrogen-bond donors (Lipinski definition) is 1. The van der Waals surface area contributed by atoms with E-state index in [2.05, 4.69) is 5.32 Å². The molecule has 1 fully saturated rings. The molecule has 0 heterocycles. The van der Waals surface area contributed by atoms with Gasteiger partial charge in [-0.05, 0) is 11.8 Å². The normalized spacial score (nSPS) is 28.9. The Kier molecular flexibility index (Phi) is 2.83. The summed E-state index contributed by atoms with van der Waals surface area (Å²) in [5, 5.41) is 2.83. The summed E-state index contributed by atoms with van der Waals surface area (Å²) >= 11 is 0. The molecule has 14 heavy (non-hydrogen) atoms. The minimum absolute atomic E-state index is 0.0496. The van der Waals surface area contributed by atoms with Crippen LogP contribution in [-0.4, -0.2) is 25.0 Å². The van der Waals surface area contributed by atoms with Gasteiger partial charge in [0.1, 0.15) is 0 Å². The third-order valence-electron chi connectivity index (χ3n) is 3.13. The molecule has 2 unspecified atom stereocenters. The molecule has 1 saturated carbocycles. The van der Waals surface area contributed by atoms with Crippen LogP contribution in [-0.2, 0) is 14.3 Å². The van der Waals surface area contributed by atoms with E-state index in [1.165, 1.54) is 14.0 Å². The third kappa shape index (κ3) is 1.74. The maximum Gasteiger partial charge on any atom is 0.309 e. The van der Waals surface area contributed by atoms with Crippen molar-refractivity contribution in [2.45, 2.75) is 33.2 Å². The highest BCUT2D eigenvalue weighted by molar-refractivity contribution is 5.77. The van der Waals surface area contributed by atoms with Crippen molar-refractivity contribution in [3.8, 4) is 0 Å². The van der Waals surface area contributed by atoms with Crippen LogP contribution in [0.4, 0.5) is 0 Å². The molecule has 0 radical (unpaired) electrons. The average molecular weight is 199 g/mol. The number of methoxy groups -OCH3 is 1. The summed E-state index contributed by atoms with van der Waals surface area (Å²) in [6.07, 6.45) is 0.680. The lowest BCUT2D eigenvalue weighted by Crippen LogP contribution is -2.60. The number of amides is 1. The Balaban J connectivity index is 2.58. The van der Waals surface area contributed by atoms with Gasteiger partial charge in [0, 0.05) is 13.0 Å². The fraction of sp³-hybridized carbons (Fsp3) is 0.800. The third-order valence-corrected chi connectivity index (χ3v) is 3.13.